The first-order valence-corrected chi connectivity index (χ1v) is 9.60. The molecular formula is C21H26Cl2F2N6. The van der Waals surface area contributed by atoms with Crippen LogP contribution in [0.5, 0.6) is 0 Å². The second-order valence-electron chi connectivity index (χ2n) is 8.47. The van der Waals surface area contributed by atoms with Gasteiger partial charge < -0.3 is 10.6 Å². The molecule has 1 fully saturated rings. The summed E-state index contributed by atoms with van der Waals surface area (Å²) < 4.78 is 29.6. The van der Waals surface area contributed by atoms with Gasteiger partial charge >= 0.3 is 0 Å². The molecule has 1 aliphatic heterocycles. The second kappa shape index (κ2) is 9.46. The number of aromatic amines is 1. The molecule has 1 saturated heterocycles. The van der Waals surface area contributed by atoms with Crippen LogP contribution in [0.3, 0.4) is 0 Å². The van der Waals surface area contributed by atoms with Crippen LogP contribution in [0.15, 0.2) is 30.7 Å². The quantitative estimate of drug-likeness (QED) is 0.588. The molecule has 3 N–H and O–H groups in total. The summed E-state index contributed by atoms with van der Waals surface area (Å²) in [7, 11) is 0. The first kappa shape index (κ1) is 25.0. The van der Waals surface area contributed by atoms with Crippen molar-refractivity contribution in [1.82, 2.24) is 20.2 Å². The number of nitrogens with zero attached hydrogens (tertiary/aromatic N) is 4. The molecule has 3 heterocycles. The smallest absolute Gasteiger partial charge is 0.150 e. The zero-order chi connectivity index (χ0) is 20.8. The van der Waals surface area contributed by atoms with Crippen LogP contribution >= 0.6 is 24.8 Å². The van der Waals surface area contributed by atoms with Gasteiger partial charge in [0.25, 0.3) is 0 Å². The van der Waals surface area contributed by atoms with Crippen molar-refractivity contribution in [1.29, 1.82) is 0 Å². The maximum Gasteiger partial charge on any atom is 0.150 e. The normalized spacial score (nSPS) is 16.1. The Morgan fingerprint density at radius 2 is 1.77 bits per heavy atom. The average molecular weight is 471 g/mol. The maximum atomic E-state index is 14.9. The molecule has 1 atom stereocenters. The van der Waals surface area contributed by atoms with Gasteiger partial charge in [0.1, 0.15) is 11.6 Å². The van der Waals surface area contributed by atoms with Crippen molar-refractivity contribution in [2.75, 3.05) is 18.0 Å². The molecule has 1 aromatic carbocycles. The Balaban J connectivity index is 0.00000171. The molecule has 168 valence electrons. The molecule has 31 heavy (non-hydrogen) atoms. The van der Waals surface area contributed by atoms with E-state index in [0.717, 1.165) is 24.5 Å². The second-order valence-corrected chi connectivity index (χ2v) is 8.47. The topological polar surface area (TPSA) is 83.7 Å². The summed E-state index contributed by atoms with van der Waals surface area (Å²) in [6.45, 7) is 7.60. The predicted molar refractivity (Wildman–Crippen MR) is 123 cm³/mol. The number of H-pyrrole nitrogens is 1. The van der Waals surface area contributed by atoms with E-state index in [0.29, 0.717) is 17.8 Å². The van der Waals surface area contributed by atoms with Gasteiger partial charge in [-0.05, 0) is 18.6 Å². The summed E-state index contributed by atoms with van der Waals surface area (Å²) in [5, 5.41) is 6.40. The minimum Gasteiger partial charge on any atom is -0.353 e. The van der Waals surface area contributed by atoms with Crippen LogP contribution in [0.1, 0.15) is 32.9 Å². The minimum atomic E-state index is -0.562. The van der Waals surface area contributed by atoms with Gasteiger partial charge in [-0.1, -0.05) is 20.8 Å². The van der Waals surface area contributed by atoms with Crippen molar-refractivity contribution >= 4 is 30.6 Å². The van der Waals surface area contributed by atoms with E-state index >= 15 is 0 Å². The Labute approximate surface area is 192 Å². The van der Waals surface area contributed by atoms with Gasteiger partial charge in [-0.3, -0.25) is 5.10 Å². The Hall–Kier alpha value is -2.29. The van der Waals surface area contributed by atoms with Crippen molar-refractivity contribution in [2.24, 2.45) is 5.73 Å². The van der Waals surface area contributed by atoms with E-state index in [1.165, 1.54) is 30.7 Å². The zero-order valence-corrected chi connectivity index (χ0v) is 19.2. The molecule has 2 aromatic heterocycles. The van der Waals surface area contributed by atoms with Crippen LogP contribution in [-0.2, 0) is 5.41 Å². The number of nitrogens with two attached hydrogens (primary N) is 1. The minimum absolute atomic E-state index is 0. The fraction of sp³-hybridized carbons (Fsp3) is 0.381. The lowest BCUT2D eigenvalue weighted by atomic mass is 9.91. The standard InChI is InChI=1S/C21H24F2N6.2ClH/c1-21(2,3)19-20(29-5-4-13(24)11-29)25-10-18(28-19)15-7-16(22)14(6-17(15)23)12-8-26-27-9-12;;/h6-10,13H,4-5,11,24H2,1-3H3,(H,26,27);2*1H. The molecule has 10 heteroatoms. The molecule has 0 aliphatic carbocycles. The summed E-state index contributed by atoms with van der Waals surface area (Å²) in [6.07, 6.45) is 5.36. The molecule has 3 aromatic rings. The Bertz CT molecular complexity index is 1040. The number of anilines is 1. The molecule has 0 bridgehead atoms. The van der Waals surface area contributed by atoms with E-state index in [4.69, 9.17) is 10.7 Å². The lowest BCUT2D eigenvalue weighted by Gasteiger charge is -2.27. The van der Waals surface area contributed by atoms with Crippen LogP contribution in [0.25, 0.3) is 22.4 Å². The molecular weight excluding hydrogens is 445 g/mol. The largest absolute Gasteiger partial charge is 0.353 e. The van der Waals surface area contributed by atoms with Crippen molar-refractivity contribution in [3.05, 3.63) is 48.1 Å². The summed E-state index contributed by atoms with van der Waals surface area (Å²) in [5.74, 6) is -0.352. The van der Waals surface area contributed by atoms with Gasteiger partial charge in [-0.15, -0.1) is 24.8 Å². The van der Waals surface area contributed by atoms with Gasteiger partial charge in [0.2, 0.25) is 0 Å². The van der Waals surface area contributed by atoms with Gasteiger partial charge in [0.15, 0.2) is 5.82 Å². The fourth-order valence-corrected chi connectivity index (χ4v) is 3.59. The van der Waals surface area contributed by atoms with Crippen molar-refractivity contribution in [2.45, 2.75) is 38.6 Å². The number of aromatic nitrogens is 4. The lowest BCUT2D eigenvalue weighted by molar-refractivity contribution is 0.563. The molecule has 1 aliphatic rings. The average Bonchev–Trinajstić information content (AvgIpc) is 3.34. The van der Waals surface area contributed by atoms with E-state index in [1.54, 1.807) is 0 Å². The third kappa shape index (κ3) is 4.97. The number of benzene rings is 1. The summed E-state index contributed by atoms with van der Waals surface area (Å²) in [6, 6.07) is 2.44. The van der Waals surface area contributed by atoms with Crippen LogP contribution in [-0.4, -0.2) is 39.3 Å². The molecule has 0 saturated carbocycles. The van der Waals surface area contributed by atoms with Crippen molar-refractivity contribution in [3.8, 4) is 22.4 Å². The highest BCUT2D eigenvalue weighted by Crippen LogP contribution is 2.34. The summed E-state index contributed by atoms with van der Waals surface area (Å²) in [4.78, 5) is 11.4. The van der Waals surface area contributed by atoms with E-state index in [9.17, 15) is 8.78 Å². The summed E-state index contributed by atoms with van der Waals surface area (Å²) >= 11 is 0. The highest BCUT2D eigenvalue weighted by Gasteiger charge is 2.29. The van der Waals surface area contributed by atoms with E-state index in [1.807, 2.05) is 20.8 Å². The van der Waals surface area contributed by atoms with Gasteiger partial charge in [-0.2, -0.15) is 5.10 Å². The van der Waals surface area contributed by atoms with E-state index in [2.05, 4.69) is 20.1 Å². The van der Waals surface area contributed by atoms with Crippen LogP contribution < -0.4 is 10.6 Å². The molecule has 1 unspecified atom stereocenters. The number of rotatable bonds is 3. The third-order valence-corrected chi connectivity index (χ3v) is 5.13. The van der Waals surface area contributed by atoms with Crippen LogP contribution in [0, 0.1) is 11.6 Å². The number of hydrogen-bond acceptors (Lipinski definition) is 5. The Morgan fingerprint density at radius 3 is 2.35 bits per heavy atom. The molecule has 6 nitrogen and oxygen atoms in total. The van der Waals surface area contributed by atoms with Crippen LogP contribution in [0.4, 0.5) is 14.6 Å². The van der Waals surface area contributed by atoms with Gasteiger partial charge in [0.05, 0.1) is 23.8 Å². The van der Waals surface area contributed by atoms with E-state index < -0.39 is 11.6 Å². The first-order chi connectivity index (χ1) is 13.7. The first-order valence-electron chi connectivity index (χ1n) is 9.60. The maximum absolute atomic E-state index is 14.9. The summed E-state index contributed by atoms with van der Waals surface area (Å²) in [5.41, 5.74) is 7.47. The molecule has 4 rings (SSSR count). The lowest BCUT2D eigenvalue weighted by Crippen LogP contribution is -2.30. The van der Waals surface area contributed by atoms with E-state index in [-0.39, 0.29) is 47.4 Å². The highest BCUT2D eigenvalue weighted by molar-refractivity contribution is 5.85. The number of halogens is 4. The van der Waals surface area contributed by atoms with Crippen LogP contribution in [0.2, 0.25) is 0 Å². The fourth-order valence-electron chi connectivity index (χ4n) is 3.59. The monoisotopic (exact) mass is 470 g/mol. The Morgan fingerprint density at radius 1 is 1.10 bits per heavy atom. The van der Waals surface area contributed by atoms with Crippen molar-refractivity contribution < 1.29 is 8.78 Å². The van der Waals surface area contributed by atoms with Crippen molar-refractivity contribution in [3.63, 3.8) is 0 Å². The molecule has 0 amide bonds. The SMILES string of the molecule is CC(C)(C)c1nc(-c2cc(F)c(-c3cn[nH]c3)cc2F)cnc1N1CCC(N)C1.Cl.Cl. The predicted octanol–water partition coefficient (Wildman–Crippen LogP) is 4.49. The van der Waals surface area contributed by atoms with Gasteiger partial charge in [-0.25, -0.2) is 18.7 Å². The third-order valence-electron chi connectivity index (χ3n) is 5.13. The molecule has 0 spiro atoms. The molecule has 0 radical (unpaired) electrons. The number of nitrogens with one attached hydrogen (secondary N) is 1. The highest BCUT2D eigenvalue weighted by atomic mass is 35.5. The zero-order valence-electron chi connectivity index (χ0n) is 17.5. The number of hydrogen-bond donors (Lipinski definition) is 2. The van der Waals surface area contributed by atoms with Gasteiger partial charge in [0, 0.05) is 47.4 Å². The Kier molecular flexibility index (Phi) is 7.62.